The second kappa shape index (κ2) is 6.79. The Labute approximate surface area is 150 Å². The van der Waals surface area contributed by atoms with Gasteiger partial charge in [0.1, 0.15) is 12.4 Å². The molecule has 0 aliphatic carbocycles. The van der Waals surface area contributed by atoms with Gasteiger partial charge in [0.15, 0.2) is 0 Å². The summed E-state index contributed by atoms with van der Waals surface area (Å²) >= 11 is 0. The molecule has 0 amide bonds. The lowest BCUT2D eigenvalue weighted by Gasteiger charge is -2.29. The molecule has 0 saturated heterocycles. The van der Waals surface area contributed by atoms with Crippen molar-refractivity contribution in [3.63, 3.8) is 0 Å². The van der Waals surface area contributed by atoms with E-state index in [0.29, 0.717) is 17.2 Å². The van der Waals surface area contributed by atoms with Crippen molar-refractivity contribution in [2.45, 2.75) is 13.0 Å². The third-order valence-electron chi connectivity index (χ3n) is 4.16. The van der Waals surface area contributed by atoms with E-state index in [9.17, 15) is 4.79 Å². The number of esters is 1. The van der Waals surface area contributed by atoms with Gasteiger partial charge in [0.05, 0.1) is 17.9 Å². The molecule has 0 spiro atoms. The molecule has 1 aliphatic heterocycles. The molecular formula is C19H17N5O2. The summed E-state index contributed by atoms with van der Waals surface area (Å²) in [4.78, 5) is 21.4. The van der Waals surface area contributed by atoms with Crippen LogP contribution in [0.1, 0.15) is 24.1 Å². The highest BCUT2D eigenvalue weighted by Crippen LogP contribution is 2.38. The smallest absolute Gasteiger partial charge is 0.338 e. The Morgan fingerprint density at radius 1 is 1.23 bits per heavy atom. The van der Waals surface area contributed by atoms with E-state index in [1.54, 1.807) is 24.0 Å². The van der Waals surface area contributed by atoms with E-state index in [0.717, 1.165) is 11.1 Å². The van der Waals surface area contributed by atoms with Crippen LogP contribution in [0.3, 0.4) is 0 Å². The van der Waals surface area contributed by atoms with E-state index in [1.165, 1.54) is 6.33 Å². The maximum absolute atomic E-state index is 12.9. The van der Waals surface area contributed by atoms with Crippen molar-refractivity contribution in [2.75, 3.05) is 11.9 Å². The normalized spacial score (nSPS) is 16.0. The third-order valence-corrected chi connectivity index (χ3v) is 4.16. The zero-order valence-electron chi connectivity index (χ0n) is 14.2. The fraction of sp³-hybridized carbons (Fsp3) is 0.158. The molecule has 130 valence electrons. The van der Waals surface area contributed by atoms with Gasteiger partial charge in [0.2, 0.25) is 5.95 Å². The van der Waals surface area contributed by atoms with Crippen molar-refractivity contribution in [1.82, 2.24) is 19.7 Å². The predicted octanol–water partition coefficient (Wildman–Crippen LogP) is 2.66. The quantitative estimate of drug-likeness (QED) is 0.731. The number of fused-ring (bicyclic) bond motifs is 1. The highest BCUT2D eigenvalue weighted by Gasteiger charge is 2.36. The van der Waals surface area contributed by atoms with Crippen molar-refractivity contribution >= 4 is 17.6 Å². The number of nitrogens with one attached hydrogen (secondary N) is 1. The summed E-state index contributed by atoms with van der Waals surface area (Å²) < 4.78 is 7.03. The van der Waals surface area contributed by atoms with E-state index in [4.69, 9.17) is 4.74 Å². The topological polar surface area (TPSA) is 81.9 Å². The molecule has 26 heavy (non-hydrogen) atoms. The zero-order chi connectivity index (χ0) is 17.9. The highest BCUT2D eigenvalue weighted by molar-refractivity contribution is 6.02. The first-order chi connectivity index (χ1) is 12.8. The maximum Gasteiger partial charge on any atom is 0.338 e. The number of ether oxygens (including phenoxy) is 1. The first-order valence-electron chi connectivity index (χ1n) is 8.32. The summed E-state index contributed by atoms with van der Waals surface area (Å²) in [6, 6.07) is 12.9. The Bertz CT molecular complexity index is 950. The van der Waals surface area contributed by atoms with Crippen molar-refractivity contribution in [3.05, 3.63) is 77.9 Å². The summed E-state index contributed by atoms with van der Waals surface area (Å²) in [5, 5.41) is 7.54. The van der Waals surface area contributed by atoms with Gasteiger partial charge in [-0.2, -0.15) is 10.1 Å². The minimum absolute atomic E-state index is 0.286. The number of pyridine rings is 1. The van der Waals surface area contributed by atoms with Crippen LogP contribution in [0.2, 0.25) is 0 Å². The molecule has 0 saturated carbocycles. The molecule has 0 fully saturated rings. The largest absolute Gasteiger partial charge is 0.463 e. The fourth-order valence-electron chi connectivity index (χ4n) is 3.07. The zero-order valence-corrected chi connectivity index (χ0v) is 14.2. The molecule has 7 heteroatoms. The Kier molecular flexibility index (Phi) is 4.18. The summed E-state index contributed by atoms with van der Waals surface area (Å²) in [6.07, 6.45) is 4.88. The van der Waals surface area contributed by atoms with Gasteiger partial charge in [-0.25, -0.2) is 9.48 Å². The van der Waals surface area contributed by atoms with Crippen molar-refractivity contribution in [2.24, 2.45) is 0 Å². The number of anilines is 1. The second-order valence-electron chi connectivity index (χ2n) is 5.72. The summed E-state index contributed by atoms with van der Waals surface area (Å²) in [5.74, 6) is 0.166. The molecule has 1 atom stereocenters. The first-order valence-corrected chi connectivity index (χ1v) is 8.32. The van der Waals surface area contributed by atoms with Crippen LogP contribution in [0.25, 0.3) is 5.70 Å². The standard InChI is InChI=1S/C19H17N5O2/c1-2-26-18(25)15-16(13-7-4-3-5-8-13)23-19-21-12-22-24(19)17(15)14-9-6-10-20-11-14/h3-12,17H,2H2,1H3,(H,21,22,23)/t17-/m1/s1. The monoisotopic (exact) mass is 347 g/mol. The Hall–Kier alpha value is -3.48. The average molecular weight is 347 g/mol. The minimum atomic E-state index is -0.475. The SMILES string of the molecule is CCOC(=O)C1=C(c2ccccc2)Nc2ncnn2[C@@H]1c1cccnc1. The van der Waals surface area contributed by atoms with Gasteiger partial charge in [-0.3, -0.25) is 4.98 Å². The van der Waals surface area contributed by atoms with Crippen molar-refractivity contribution in [1.29, 1.82) is 0 Å². The fourth-order valence-corrected chi connectivity index (χ4v) is 3.07. The number of hydrogen-bond acceptors (Lipinski definition) is 6. The van der Waals surface area contributed by atoms with E-state index in [-0.39, 0.29) is 6.61 Å². The predicted molar refractivity (Wildman–Crippen MR) is 96.0 cm³/mol. The molecule has 0 bridgehead atoms. The lowest BCUT2D eigenvalue weighted by atomic mass is 9.94. The number of rotatable bonds is 4. The highest BCUT2D eigenvalue weighted by atomic mass is 16.5. The molecule has 4 rings (SSSR count). The van der Waals surface area contributed by atoms with Crippen LogP contribution in [-0.4, -0.2) is 32.3 Å². The number of aromatic nitrogens is 4. The van der Waals surface area contributed by atoms with Crippen LogP contribution in [0.5, 0.6) is 0 Å². The van der Waals surface area contributed by atoms with Gasteiger partial charge in [-0.05, 0) is 24.1 Å². The van der Waals surface area contributed by atoms with E-state index >= 15 is 0 Å². The van der Waals surface area contributed by atoms with Crippen molar-refractivity contribution in [3.8, 4) is 0 Å². The summed E-state index contributed by atoms with van der Waals surface area (Å²) in [5.41, 5.74) is 2.85. The number of carbonyl (C=O) groups excluding carboxylic acids is 1. The van der Waals surface area contributed by atoms with E-state index in [1.807, 2.05) is 42.5 Å². The molecule has 2 aromatic heterocycles. The second-order valence-corrected chi connectivity index (χ2v) is 5.72. The molecule has 0 radical (unpaired) electrons. The van der Waals surface area contributed by atoms with Crippen LogP contribution in [0.15, 0.2) is 66.8 Å². The van der Waals surface area contributed by atoms with Gasteiger partial charge in [0.25, 0.3) is 0 Å². The van der Waals surface area contributed by atoms with Crippen LogP contribution < -0.4 is 5.32 Å². The lowest BCUT2D eigenvalue weighted by molar-refractivity contribution is -0.138. The number of hydrogen-bond donors (Lipinski definition) is 1. The molecule has 1 aromatic carbocycles. The van der Waals surface area contributed by atoms with Crippen LogP contribution in [-0.2, 0) is 9.53 Å². The van der Waals surface area contributed by atoms with E-state index < -0.39 is 12.0 Å². The average Bonchev–Trinajstić information content (AvgIpc) is 3.16. The van der Waals surface area contributed by atoms with Gasteiger partial charge in [0, 0.05) is 12.4 Å². The molecule has 1 N–H and O–H groups in total. The third kappa shape index (κ3) is 2.73. The Morgan fingerprint density at radius 2 is 2.08 bits per heavy atom. The van der Waals surface area contributed by atoms with Crippen LogP contribution in [0, 0.1) is 0 Å². The van der Waals surface area contributed by atoms with E-state index in [2.05, 4.69) is 20.4 Å². The van der Waals surface area contributed by atoms with Crippen molar-refractivity contribution < 1.29 is 9.53 Å². The molecule has 1 aliphatic rings. The first kappa shape index (κ1) is 16.0. The molecule has 7 nitrogen and oxygen atoms in total. The lowest BCUT2D eigenvalue weighted by Crippen LogP contribution is -2.30. The maximum atomic E-state index is 12.9. The summed E-state index contributed by atoms with van der Waals surface area (Å²) in [7, 11) is 0. The number of carbonyl (C=O) groups is 1. The number of nitrogens with zero attached hydrogens (tertiary/aromatic N) is 4. The Morgan fingerprint density at radius 3 is 2.81 bits per heavy atom. The molecule has 3 aromatic rings. The Balaban J connectivity index is 1.96. The molecular weight excluding hydrogens is 330 g/mol. The molecule has 3 heterocycles. The van der Waals surface area contributed by atoms with Gasteiger partial charge >= 0.3 is 5.97 Å². The minimum Gasteiger partial charge on any atom is -0.463 e. The number of benzene rings is 1. The van der Waals surface area contributed by atoms with Gasteiger partial charge < -0.3 is 10.1 Å². The molecule has 0 unspecified atom stereocenters. The van der Waals surface area contributed by atoms with Crippen LogP contribution >= 0.6 is 0 Å². The van der Waals surface area contributed by atoms with Gasteiger partial charge in [-0.1, -0.05) is 36.4 Å². The summed E-state index contributed by atoms with van der Waals surface area (Å²) in [6.45, 7) is 2.07. The van der Waals surface area contributed by atoms with Crippen LogP contribution in [0.4, 0.5) is 5.95 Å². The van der Waals surface area contributed by atoms with Gasteiger partial charge in [-0.15, -0.1) is 0 Å².